The van der Waals surface area contributed by atoms with Crippen molar-refractivity contribution >= 4 is 17.6 Å². The number of non-ortho nitro benzene ring substituents is 1. The number of benzene rings is 2. The maximum atomic E-state index is 12.2. The lowest BCUT2D eigenvalue weighted by atomic mass is 10.2. The van der Waals surface area contributed by atoms with E-state index in [1.165, 1.54) is 19.2 Å². The third-order valence-corrected chi connectivity index (χ3v) is 4.04. The fraction of sp³-hybridized carbons (Fsp3) is 0.263. The molecule has 2 aromatic rings. The first kappa shape index (κ1) is 19.9. The second-order valence-corrected chi connectivity index (χ2v) is 6.02. The predicted octanol–water partition coefficient (Wildman–Crippen LogP) is 1.72. The molecule has 2 aromatic carbocycles. The smallest absolute Gasteiger partial charge is 0.342 e. The molecule has 1 N–H and O–H groups in total. The summed E-state index contributed by atoms with van der Waals surface area (Å²) in [5.74, 6) is -0.137. The molecule has 1 atom stereocenters. The number of esters is 1. The number of carbonyl (C=O) groups excluding carboxylic acids is 2. The summed E-state index contributed by atoms with van der Waals surface area (Å²) in [6.07, 6.45) is -0.388. The van der Waals surface area contributed by atoms with Crippen molar-refractivity contribution in [1.82, 2.24) is 5.32 Å². The van der Waals surface area contributed by atoms with E-state index in [9.17, 15) is 19.7 Å². The van der Waals surface area contributed by atoms with Gasteiger partial charge in [0.2, 0.25) is 0 Å². The number of ether oxygens (including phenoxy) is 4. The lowest BCUT2D eigenvalue weighted by Crippen LogP contribution is -2.42. The molecule has 0 spiro atoms. The number of amides is 1. The first-order valence-corrected chi connectivity index (χ1v) is 8.62. The van der Waals surface area contributed by atoms with Gasteiger partial charge in [-0.3, -0.25) is 14.9 Å². The standard InChI is InChI=1S/C19H18N2O8/c1-26-15-7-6-12(21(24)25)8-14(15)19(23)28-11-18(22)20-9-13-10-27-16-4-2-3-5-17(16)29-13/h2-8,13H,9-11H2,1H3,(H,20,22)/t13-/m0/s1. The Hall–Kier alpha value is -3.82. The van der Waals surface area contributed by atoms with Crippen molar-refractivity contribution in [2.24, 2.45) is 0 Å². The second kappa shape index (κ2) is 8.91. The van der Waals surface area contributed by atoms with Crippen LogP contribution in [-0.4, -0.2) is 49.8 Å². The van der Waals surface area contributed by atoms with Crippen LogP contribution < -0.4 is 19.5 Å². The van der Waals surface area contributed by atoms with Crippen LogP contribution in [0.15, 0.2) is 42.5 Å². The maximum Gasteiger partial charge on any atom is 0.342 e. The molecule has 0 aliphatic carbocycles. The Morgan fingerprint density at radius 1 is 1.24 bits per heavy atom. The zero-order chi connectivity index (χ0) is 20.8. The summed E-state index contributed by atoms with van der Waals surface area (Å²) < 4.78 is 21.2. The Morgan fingerprint density at radius 3 is 2.72 bits per heavy atom. The number of nitrogens with zero attached hydrogens (tertiary/aromatic N) is 1. The van der Waals surface area contributed by atoms with Crippen molar-refractivity contribution < 1.29 is 33.5 Å². The first-order chi connectivity index (χ1) is 14.0. The zero-order valence-electron chi connectivity index (χ0n) is 15.5. The minimum Gasteiger partial charge on any atom is -0.496 e. The van der Waals surface area contributed by atoms with Crippen LogP contribution in [0.4, 0.5) is 5.69 Å². The van der Waals surface area contributed by atoms with Crippen molar-refractivity contribution in [3.05, 3.63) is 58.1 Å². The third kappa shape index (κ3) is 4.92. The molecule has 3 rings (SSSR count). The molecule has 0 radical (unpaired) electrons. The van der Waals surface area contributed by atoms with Gasteiger partial charge in [-0.1, -0.05) is 12.1 Å². The van der Waals surface area contributed by atoms with E-state index < -0.39 is 23.4 Å². The number of para-hydroxylation sites is 2. The molecule has 0 fully saturated rings. The zero-order valence-corrected chi connectivity index (χ0v) is 15.5. The molecular weight excluding hydrogens is 384 g/mol. The molecule has 152 valence electrons. The van der Waals surface area contributed by atoms with Crippen LogP contribution in [0, 0.1) is 10.1 Å². The Morgan fingerprint density at radius 2 is 2.00 bits per heavy atom. The van der Waals surface area contributed by atoms with Gasteiger partial charge in [-0.05, 0) is 18.2 Å². The Bertz CT molecular complexity index is 930. The number of nitrogens with one attached hydrogen (secondary N) is 1. The second-order valence-electron chi connectivity index (χ2n) is 6.02. The van der Waals surface area contributed by atoms with Gasteiger partial charge >= 0.3 is 5.97 Å². The quantitative estimate of drug-likeness (QED) is 0.421. The predicted molar refractivity (Wildman–Crippen MR) is 99.3 cm³/mol. The molecule has 29 heavy (non-hydrogen) atoms. The van der Waals surface area contributed by atoms with E-state index in [0.29, 0.717) is 11.5 Å². The van der Waals surface area contributed by atoms with E-state index in [1.54, 1.807) is 12.1 Å². The summed E-state index contributed by atoms with van der Waals surface area (Å²) in [7, 11) is 1.31. The fourth-order valence-corrected chi connectivity index (χ4v) is 2.62. The van der Waals surface area contributed by atoms with Gasteiger partial charge in [0.1, 0.15) is 24.0 Å². The van der Waals surface area contributed by atoms with Gasteiger partial charge < -0.3 is 24.3 Å². The summed E-state index contributed by atoms with van der Waals surface area (Å²) in [6, 6.07) is 10.7. The largest absolute Gasteiger partial charge is 0.496 e. The first-order valence-electron chi connectivity index (χ1n) is 8.62. The molecule has 0 saturated heterocycles. The summed E-state index contributed by atoms with van der Waals surface area (Å²) in [5, 5.41) is 13.5. The number of hydrogen-bond acceptors (Lipinski definition) is 8. The van der Waals surface area contributed by atoms with Crippen LogP contribution in [0.3, 0.4) is 0 Å². The van der Waals surface area contributed by atoms with Gasteiger partial charge in [-0.2, -0.15) is 0 Å². The topological polar surface area (TPSA) is 126 Å². The van der Waals surface area contributed by atoms with Crippen molar-refractivity contribution in [3.63, 3.8) is 0 Å². The average Bonchev–Trinajstić information content (AvgIpc) is 2.75. The summed E-state index contributed by atoms with van der Waals surface area (Å²) in [5.41, 5.74) is -0.438. The number of nitro benzene ring substituents is 1. The summed E-state index contributed by atoms with van der Waals surface area (Å²) in [4.78, 5) is 34.4. The van der Waals surface area contributed by atoms with E-state index in [1.807, 2.05) is 12.1 Å². The van der Waals surface area contributed by atoms with E-state index in [-0.39, 0.29) is 36.3 Å². The van der Waals surface area contributed by atoms with Crippen molar-refractivity contribution in [3.8, 4) is 17.2 Å². The Balaban J connectivity index is 1.50. The van der Waals surface area contributed by atoms with Gasteiger partial charge in [0.15, 0.2) is 18.1 Å². The normalized spacial score (nSPS) is 14.6. The van der Waals surface area contributed by atoms with Gasteiger partial charge in [-0.25, -0.2) is 4.79 Å². The van der Waals surface area contributed by atoms with Crippen molar-refractivity contribution in [1.29, 1.82) is 0 Å². The lowest BCUT2D eigenvalue weighted by molar-refractivity contribution is -0.384. The molecule has 0 aromatic heterocycles. The average molecular weight is 402 g/mol. The van der Waals surface area contributed by atoms with E-state index in [0.717, 1.165) is 6.07 Å². The SMILES string of the molecule is COc1ccc([N+](=O)[O-])cc1C(=O)OCC(=O)NC[C@H]1COc2ccccc2O1. The molecule has 0 saturated carbocycles. The lowest BCUT2D eigenvalue weighted by Gasteiger charge is -2.26. The molecule has 10 heteroatoms. The van der Waals surface area contributed by atoms with E-state index >= 15 is 0 Å². The van der Waals surface area contributed by atoms with Crippen LogP contribution in [0.5, 0.6) is 17.2 Å². The fourth-order valence-electron chi connectivity index (χ4n) is 2.62. The van der Waals surface area contributed by atoms with E-state index in [4.69, 9.17) is 18.9 Å². The molecule has 1 aliphatic heterocycles. The minimum atomic E-state index is -0.910. The van der Waals surface area contributed by atoms with Gasteiger partial charge in [-0.15, -0.1) is 0 Å². The van der Waals surface area contributed by atoms with Crippen LogP contribution in [0.2, 0.25) is 0 Å². The number of nitro groups is 1. The highest BCUT2D eigenvalue weighted by atomic mass is 16.6. The van der Waals surface area contributed by atoms with Gasteiger partial charge in [0, 0.05) is 12.1 Å². The number of fused-ring (bicyclic) bond motifs is 1. The molecule has 10 nitrogen and oxygen atoms in total. The number of carbonyl (C=O) groups is 2. The maximum absolute atomic E-state index is 12.2. The molecule has 1 aliphatic rings. The molecule has 1 heterocycles. The molecular formula is C19H18N2O8. The third-order valence-electron chi connectivity index (χ3n) is 4.04. The van der Waals surface area contributed by atoms with Crippen LogP contribution in [0.25, 0.3) is 0 Å². The van der Waals surface area contributed by atoms with Crippen molar-refractivity contribution in [2.45, 2.75) is 6.10 Å². The van der Waals surface area contributed by atoms with Crippen LogP contribution in [0.1, 0.15) is 10.4 Å². The van der Waals surface area contributed by atoms with Crippen LogP contribution in [-0.2, 0) is 9.53 Å². The minimum absolute atomic E-state index is 0.104. The molecule has 0 unspecified atom stereocenters. The number of methoxy groups -OCH3 is 1. The summed E-state index contributed by atoms with van der Waals surface area (Å²) in [6.45, 7) is -0.137. The molecule has 0 bridgehead atoms. The highest BCUT2D eigenvalue weighted by Gasteiger charge is 2.22. The van der Waals surface area contributed by atoms with Crippen LogP contribution >= 0.6 is 0 Å². The highest BCUT2D eigenvalue weighted by Crippen LogP contribution is 2.30. The summed E-state index contributed by atoms with van der Waals surface area (Å²) >= 11 is 0. The van der Waals surface area contributed by atoms with Gasteiger partial charge in [0.05, 0.1) is 18.6 Å². The molecule has 1 amide bonds. The highest BCUT2D eigenvalue weighted by molar-refractivity contribution is 5.94. The van der Waals surface area contributed by atoms with Crippen molar-refractivity contribution in [2.75, 3.05) is 26.9 Å². The Labute approximate surface area is 165 Å². The van der Waals surface area contributed by atoms with E-state index in [2.05, 4.69) is 5.32 Å². The number of hydrogen-bond donors (Lipinski definition) is 1. The monoisotopic (exact) mass is 402 g/mol. The van der Waals surface area contributed by atoms with Gasteiger partial charge in [0.25, 0.3) is 11.6 Å². The number of rotatable bonds is 7. The Kier molecular flexibility index (Phi) is 6.12.